The minimum absolute atomic E-state index is 0.00931. The fraction of sp³-hybridized carbons (Fsp3) is 0.636. The van der Waals surface area contributed by atoms with Crippen LogP contribution in [0.15, 0.2) is 24.3 Å². The molecule has 2 amide bonds. The van der Waals surface area contributed by atoms with E-state index in [0.717, 1.165) is 50.4 Å². The second-order valence-electron chi connectivity index (χ2n) is 7.79. The Balaban J connectivity index is 1.44. The molecule has 6 heteroatoms. The minimum atomic E-state index is -0.414. The van der Waals surface area contributed by atoms with Crippen molar-refractivity contribution < 1.29 is 9.59 Å². The molecule has 1 saturated heterocycles. The van der Waals surface area contributed by atoms with Crippen LogP contribution in [-0.4, -0.2) is 73.5 Å². The summed E-state index contributed by atoms with van der Waals surface area (Å²) in [5.74, 6) is -0.0270. The van der Waals surface area contributed by atoms with E-state index >= 15 is 0 Å². The third-order valence-corrected chi connectivity index (χ3v) is 5.80. The lowest BCUT2D eigenvalue weighted by Crippen LogP contribution is -2.49. The Morgan fingerprint density at radius 3 is 2.39 bits per heavy atom. The second kappa shape index (κ2) is 10.0. The van der Waals surface area contributed by atoms with Gasteiger partial charge < -0.3 is 15.1 Å². The summed E-state index contributed by atoms with van der Waals surface area (Å²) in [5.41, 5.74) is 1.97. The van der Waals surface area contributed by atoms with Gasteiger partial charge in [0.1, 0.15) is 6.04 Å². The lowest BCUT2D eigenvalue weighted by molar-refractivity contribution is -0.126. The van der Waals surface area contributed by atoms with Crippen molar-refractivity contribution in [3.63, 3.8) is 0 Å². The molecule has 1 fully saturated rings. The Bertz CT molecular complexity index is 670. The average molecular weight is 387 g/mol. The Labute approximate surface area is 168 Å². The minimum Gasteiger partial charge on any atom is -0.354 e. The first-order chi connectivity index (χ1) is 13.6. The van der Waals surface area contributed by atoms with Crippen LogP contribution < -0.4 is 10.2 Å². The van der Waals surface area contributed by atoms with Crippen LogP contribution in [0.25, 0.3) is 0 Å². The van der Waals surface area contributed by atoms with Crippen LogP contribution in [0.2, 0.25) is 0 Å². The molecule has 154 valence electrons. The second-order valence-corrected chi connectivity index (χ2v) is 7.79. The van der Waals surface area contributed by atoms with E-state index in [4.69, 9.17) is 0 Å². The van der Waals surface area contributed by atoms with Crippen LogP contribution in [0.5, 0.6) is 0 Å². The van der Waals surface area contributed by atoms with E-state index in [9.17, 15) is 9.59 Å². The van der Waals surface area contributed by atoms with Gasteiger partial charge in [-0.25, -0.2) is 0 Å². The van der Waals surface area contributed by atoms with Crippen molar-refractivity contribution in [2.45, 2.75) is 45.6 Å². The number of benzene rings is 1. The van der Waals surface area contributed by atoms with Crippen LogP contribution in [0.3, 0.4) is 0 Å². The van der Waals surface area contributed by atoms with Gasteiger partial charge in [0, 0.05) is 51.3 Å². The SMILES string of the molecule is CCCN1CCN(CCCNC(=O)[C@H]2Cc3ccccc3N2C(=O)CC)CC1. The van der Waals surface area contributed by atoms with Crippen molar-refractivity contribution in [1.82, 2.24) is 15.1 Å². The zero-order valence-electron chi connectivity index (χ0n) is 17.3. The van der Waals surface area contributed by atoms with Gasteiger partial charge >= 0.3 is 0 Å². The number of hydrogen-bond donors (Lipinski definition) is 1. The molecule has 0 saturated carbocycles. The molecule has 3 rings (SSSR count). The zero-order chi connectivity index (χ0) is 19.9. The summed E-state index contributed by atoms with van der Waals surface area (Å²) in [4.78, 5) is 31.9. The molecule has 2 aliphatic heterocycles. The van der Waals surface area contributed by atoms with Gasteiger partial charge in [-0.3, -0.25) is 14.5 Å². The third-order valence-electron chi connectivity index (χ3n) is 5.80. The van der Waals surface area contributed by atoms with Gasteiger partial charge in [-0.05, 0) is 37.6 Å². The van der Waals surface area contributed by atoms with Gasteiger partial charge in [0.2, 0.25) is 11.8 Å². The van der Waals surface area contributed by atoms with E-state index in [0.29, 0.717) is 19.4 Å². The van der Waals surface area contributed by atoms with Gasteiger partial charge in [0.25, 0.3) is 0 Å². The van der Waals surface area contributed by atoms with Crippen molar-refractivity contribution in [1.29, 1.82) is 0 Å². The number of hydrogen-bond acceptors (Lipinski definition) is 4. The molecule has 0 radical (unpaired) electrons. The maximum atomic E-state index is 12.8. The first-order valence-electron chi connectivity index (χ1n) is 10.8. The number of nitrogens with one attached hydrogen (secondary N) is 1. The van der Waals surface area contributed by atoms with E-state index in [-0.39, 0.29) is 11.8 Å². The van der Waals surface area contributed by atoms with Gasteiger partial charge in [0.05, 0.1) is 0 Å². The number of carbonyl (C=O) groups excluding carboxylic acids is 2. The smallest absolute Gasteiger partial charge is 0.243 e. The Morgan fingerprint density at radius 2 is 1.71 bits per heavy atom. The number of para-hydroxylation sites is 1. The molecular weight excluding hydrogens is 352 g/mol. The summed E-state index contributed by atoms with van der Waals surface area (Å²) in [6.07, 6.45) is 3.17. The first-order valence-corrected chi connectivity index (χ1v) is 10.8. The molecular formula is C22H34N4O2. The Morgan fingerprint density at radius 1 is 1.04 bits per heavy atom. The monoisotopic (exact) mass is 386 g/mol. The molecule has 0 unspecified atom stereocenters. The van der Waals surface area contributed by atoms with Crippen LogP contribution in [0.4, 0.5) is 5.69 Å². The molecule has 28 heavy (non-hydrogen) atoms. The van der Waals surface area contributed by atoms with E-state index in [1.807, 2.05) is 31.2 Å². The highest BCUT2D eigenvalue weighted by Gasteiger charge is 2.37. The molecule has 1 atom stereocenters. The summed E-state index contributed by atoms with van der Waals surface area (Å²) < 4.78 is 0. The standard InChI is InChI=1S/C22H34N4O2/c1-3-11-24-13-15-25(16-14-24)12-7-10-23-22(28)20-17-18-8-5-6-9-19(18)26(20)21(27)4-2/h5-6,8-9,20H,3-4,7,10-17H2,1-2H3,(H,23,28)/t20-/m1/s1. The molecule has 1 aromatic carbocycles. The number of piperazine rings is 1. The van der Waals surface area contributed by atoms with E-state index < -0.39 is 6.04 Å². The highest BCUT2D eigenvalue weighted by atomic mass is 16.2. The highest BCUT2D eigenvalue weighted by molar-refractivity contribution is 6.03. The van der Waals surface area contributed by atoms with Gasteiger partial charge in [-0.2, -0.15) is 0 Å². The van der Waals surface area contributed by atoms with Crippen molar-refractivity contribution in [2.24, 2.45) is 0 Å². The predicted octanol–water partition coefficient (Wildman–Crippen LogP) is 1.89. The normalized spacial score (nSPS) is 20.2. The van der Waals surface area contributed by atoms with E-state index in [1.165, 1.54) is 13.0 Å². The van der Waals surface area contributed by atoms with Crippen LogP contribution in [-0.2, 0) is 16.0 Å². The Kier molecular flexibility index (Phi) is 7.45. The van der Waals surface area contributed by atoms with Crippen LogP contribution in [0.1, 0.15) is 38.7 Å². The number of carbonyl (C=O) groups is 2. The summed E-state index contributed by atoms with van der Waals surface area (Å²) >= 11 is 0. The number of fused-ring (bicyclic) bond motifs is 1. The van der Waals surface area contributed by atoms with Gasteiger partial charge in [-0.1, -0.05) is 32.0 Å². The number of nitrogens with zero attached hydrogens (tertiary/aromatic N) is 3. The molecule has 0 aliphatic carbocycles. The summed E-state index contributed by atoms with van der Waals surface area (Å²) in [7, 11) is 0. The molecule has 2 heterocycles. The molecule has 0 spiro atoms. The number of amides is 2. The fourth-order valence-electron chi connectivity index (χ4n) is 4.26. The third kappa shape index (κ3) is 4.92. The topological polar surface area (TPSA) is 55.9 Å². The van der Waals surface area contributed by atoms with Crippen LogP contribution >= 0.6 is 0 Å². The summed E-state index contributed by atoms with van der Waals surface area (Å²) in [5, 5.41) is 3.07. The molecule has 0 aromatic heterocycles. The fourth-order valence-corrected chi connectivity index (χ4v) is 4.26. The Hall–Kier alpha value is -1.92. The molecule has 1 aromatic rings. The largest absolute Gasteiger partial charge is 0.354 e. The van der Waals surface area contributed by atoms with Gasteiger partial charge in [-0.15, -0.1) is 0 Å². The lowest BCUT2D eigenvalue weighted by atomic mass is 10.1. The average Bonchev–Trinajstić information content (AvgIpc) is 3.11. The zero-order valence-corrected chi connectivity index (χ0v) is 17.3. The summed E-state index contributed by atoms with van der Waals surface area (Å²) in [6, 6.07) is 7.43. The van der Waals surface area contributed by atoms with E-state index in [1.54, 1.807) is 4.90 Å². The molecule has 6 nitrogen and oxygen atoms in total. The molecule has 2 aliphatic rings. The molecule has 0 bridgehead atoms. The number of anilines is 1. The van der Waals surface area contributed by atoms with Crippen molar-refractivity contribution in [3.8, 4) is 0 Å². The number of rotatable bonds is 8. The summed E-state index contributed by atoms with van der Waals surface area (Å²) in [6.45, 7) is 11.5. The maximum Gasteiger partial charge on any atom is 0.243 e. The highest BCUT2D eigenvalue weighted by Crippen LogP contribution is 2.32. The predicted molar refractivity (Wildman–Crippen MR) is 113 cm³/mol. The quantitative estimate of drug-likeness (QED) is 0.693. The van der Waals surface area contributed by atoms with Crippen molar-refractivity contribution in [3.05, 3.63) is 29.8 Å². The van der Waals surface area contributed by atoms with Crippen molar-refractivity contribution >= 4 is 17.5 Å². The first kappa shape index (κ1) is 20.8. The van der Waals surface area contributed by atoms with Crippen molar-refractivity contribution in [2.75, 3.05) is 50.7 Å². The lowest BCUT2D eigenvalue weighted by Gasteiger charge is -2.34. The van der Waals surface area contributed by atoms with Crippen LogP contribution in [0, 0.1) is 0 Å². The van der Waals surface area contributed by atoms with E-state index in [2.05, 4.69) is 22.0 Å². The molecule has 1 N–H and O–H groups in total. The maximum absolute atomic E-state index is 12.8. The van der Waals surface area contributed by atoms with Gasteiger partial charge in [0.15, 0.2) is 0 Å².